The lowest BCUT2D eigenvalue weighted by Crippen LogP contribution is -2.50. The molecule has 2 aliphatic heterocycles. The molecule has 0 aromatic heterocycles. The quantitative estimate of drug-likeness (QED) is 0.506. The molecule has 4 rings (SSSR count). The number of anilines is 2. The zero-order valence-electron chi connectivity index (χ0n) is 22.3. The third kappa shape index (κ3) is 6.84. The van der Waals surface area contributed by atoms with Crippen LogP contribution in [-0.2, 0) is 23.9 Å². The number of carbonyl (C=O) groups is 4. The van der Waals surface area contributed by atoms with Gasteiger partial charge in [0.15, 0.2) is 6.61 Å². The van der Waals surface area contributed by atoms with Gasteiger partial charge in [0.2, 0.25) is 5.91 Å². The van der Waals surface area contributed by atoms with E-state index < -0.39 is 29.8 Å². The average Bonchev–Trinajstić information content (AvgIpc) is 3.30. The fraction of sp³-hybridized carbons (Fsp3) is 0.429. The number of benzene rings is 2. The number of piperazine rings is 1. The minimum Gasteiger partial charge on any atom is -0.460 e. The maximum absolute atomic E-state index is 15.1. The molecule has 0 spiro atoms. The molecule has 2 atom stereocenters. The van der Waals surface area contributed by atoms with Gasteiger partial charge in [0.1, 0.15) is 11.9 Å². The largest absolute Gasteiger partial charge is 0.460 e. The third-order valence-corrected chi connectivity index (χ3v) is 6.94. The number of ether oxygens (including phenoxy) is 2. The summed E-state index contributed by atoms with van der Waals surface area (Å²) < 4.78 is 25.6. The zero-order valence-corrected chi connectivity index (χ0v) is 22.3. The van der Waals surface area contributed by atoms with Gasteiger partial charge in [-0.05, 0) is 42.0 Å². The van der Waals surface area contributed by atoms with Crippen molar-refractivity contribution in [3.8, 4) is 0 Å². The monoisotopic (exact) mass is 540 g/mol. The number of carbonyl (C=O) groups excluding carboxylic acids is 4. The molecule has 2 saturated heterocycles. The Morgan fingerprint density at radius 2 is 1.77 bits per heavy atom. The van der Waals surface area contributed by atoms with E-state index in [0.717, 1.165) is 5.69 Å². The molecule has 10 nitrogen and oxygen atoms in total. The summed E-state index contributed by atoms with van der Waals surface area (Å²) >= 11 is 0. The maximum Gasteiger partial charge on any atom is 0.338 e. The fourth-order valence-corrected chi connectivity index (χ4v) is 4.70. The summed E-state index contributed by atoms with van der Waals surface area (Å²) in [6, 6.07) is 11.6. The van der Waals surface area contributed by atoms with Gasteiger partial charge in [0.05, 0.1) is 23.7 Å². The van der Waals surface area contributed by atoms with Crippen molar-refractivity contribution in [3.05, 3.63) is 59.4 Å². The second kappa shape index (κ2) is 12.1. The Morgan fingerprint density at radius 1 is 1.08 bits per heavy atom. The fourth-order valence-electron chi connectivity index (χ4n) is 4.70. The summed E-state index contributed by atoms with van der Waals surface area (Å²) in [4.78, 5) is 53.7. The summed E-state index contributed by atoms with van der Waals surface area (Å²) in [6.07, 6.45) is -0.0763. The summed E-state index contributed by atoms with van der Waals surface area (Å²) in [5.74, 6) is -2.57. The van der Waals surface area contributed by atoms with Crippen molar-refractivity contribution in [3.63, 3.8) is 0 Å². The van der Waals surface area contributed by atoms with Crippen molar-refractivity contribution in [2.24, 2.45) is 0 Å². The zero-order chi connectivity index (χ0) is 28.1. The predicted molar refractivity (Wildman–Crippen MR) is 142 cm³/mol. The van der Waals surface area contributed by atoms with Gasteiger partial charge >= 0.3 is 11.9 Å². The van der Waals surface area contributed by atoms with E-state index in [-0.39, 0.29) is 25.0 Å². The van der Waals surface area contributed by atoms with Gasteiger partial charge in [-0.15, -0.1) is 0 Å². The van der Waals surface area contributed by atoms with Crippen LogP contribution in [0.3, 0.4) is 0 Å². The molecule has 39 heavy (non-hydrogen) atoms. The molecule has 0 aliphatic carbocycles. The number of rotatable bonds is 8. The highest BCUT2D eigenvalue weighted by Gasteiger charge is 2.36. The van der Waals surface area contributed by atoms with Crippen LogP contribution in [0.5, 0.6) is 0 Å². The van der Waals surface area contributed by atoms with Gasteiger partial charge in [-0.3, -0.25) is 14.4 Å². The van der Waals surface area contributed by atoms with E-state index in [4.69, 9.17) is 9.47 Å². The first-order valence-electron chi connectivity index (χ1n) is 12.8. The van der Waals surface area contributed by atoms with Crippen molar-refractivity contribution in [1.82, 2.24) is 10.2 Å². The van der Waals surface area contributed by atoms with Crippen LogP contribution in [0, 0.1) is 5.82 Å². The van der Waals surface area contributed by atoms with Crippen LogP contribution in [0.4, 0.5) is 15.8 Å². The van der Waals surface area contributed by atoms with Gasteiger partial charge in [-0.25, -0.2) is 9.18 Å². The number of halogens is 1. The van der Waals surface area contributed by atoms with Crippen molar-refractivity contribution in [2.75, 3.05) is 63.2 Å². The van der Waals surface area contributed by atoms with E-state index in [9.17, 15) is 19.2 Å². The van der Waals surface area contributed by atoms with Gasteiger partial charge in [-0.1, -0.05) is 6.07 Å². The minimum atomic E-state index is -0.588. The van der Waals surface area contributed by atoms with Gasteiger partial charge in [0.25, 0.3) is 5.91 Å². The van der Waals surface area contributed by atoms with E-state index in [2.05, 4.69) is 5.32 Å². The smallest absolute Gasteiger partial charge is 0.338 e. The molecular weight excluding hydrogens is 507 g/mol. The van der Waals surface area contributed by atoms with Gasteiger partial charge < -0.3 is 29.5 Å². The molecule has 208 valence electrons. The van der Waals surface area contributed by atoms with Crippen LogP contribution in [0.25, 0.3) is 0 Å². The highest BCUT2D eigenvalue weighted by Crippen LogP contribution is 2.33. The van der Waals surface area contributed by atoms with E-state index in [1.165, 1.54) is 13.0 Å². The average molecular weight is 541 g/mol. The van der Waals surface area contributed by atoms with Gasteiger partial charge in [0, 0.05) is 59.3 Å². The van der Waals surface area contributed by atoms with Crippen molar-refractivity contribution in [2.45, 2.75) is 25.4 Å². The number of nitrogens with one attached hydrogen (secondary N) is 1. The first-order valence-corrected chi connectivity index (χ1v) is 12.8. The minimum absolute atomic E-state index is 0.210. The molecule has 2 aliphatic rings. The molecule has 2 amide bonds. The molecule has 1 unspecified atom stereocenters. The number of hydrogen-bond donors (Lipinski definition) is 1. The van der Waals surface area contributed by atoms with Crippen LogP contribution >= 0.6 is 0 Å². The summed E-state index contributed by atoms with van der Waals surface area (Å²) in [5.41, 5.74) is 2.23. The standard InChI is InChI=1S/C28H33FN4O6/c1-18(34)30-16-22-15-23(28(37)39-22)20-6-9-25(24(29)14-20)32-10-12-33(13-11-32)26(35)17-38-27(36)19-4-7-21(8-5-19)31(2)3/h4-9,14,22-23H,10-13,15-17H2,1-3H3,(H,30,34)/t22-,23?/m1/s1. The van der Waals surface area contributed by atoms with Gasteiger partial charge in [-0.2, -0.15) is 0 Å². The van der Waals surface area contributed by atoms with Crippen molar-refractivity contribution < 1.29 is 33.0 Å². The normalized spacial score (nSPS) is 18.9. The van der Waals surface area contributed by atoms with E-state index in [1.54, 1.807) is 41.3 Å². The molecule has 0 radical (unpaired) electrons. The molecule has 2 aromatic rings. The first-order chi connectivity index (χ1) is 18.6. The highest BCUT2D eigenvalue weighted by molar-refractivity contribution is 5.91. The first kappa shape index (κ1) is 27.9. The number of hydrogen-bond acceptors (Lipinski definition) is 8. The molecule has 1 N–H and O–H groups in total. The SMILES string of the molecule is CC(=O)NC[C@H]1CC(c2ccc(N3CCN(C(=O)COC(=O)c4ccc(N(C)C)cc4)CC3)c(F)c2)C(=O)O1. The predicted octanol–water partition coefficient (Wildman–Crippen LogP) is 1.93. The summed E-state index contributed by atoms with van der Waals surface area (Å²) in [7, 11) is 3.80. The van der Waals surface area contributed by atoms with Crippen molar-refractivity contribution >= 4 is 35.1 Å². The molecule has 2 fully saturated rings. The Morgan fingerprint density at radius 3 is 2.38 bits per heavy atom. The lowest BCUT2D eigenvalue weighted by molar-refractivity contribution is -0.142. The van der Waals surface area contributed by atoms with Crippen molar-refractivity contribution in [1.29, 1.82) is 0 Å². The van der Waals surface area contributed by atoms with E-state index in [0.29, 0.717) is 49.4 Å². The molecule has 11 heteroatoms. The Balaban J connectivity index is 1.26. The van der Waals surface area contributed by atoms with Crippen LogP contribution in [0.1, 0.15) is 35.2 Å². The topological polar surface area (TPSA) is 108 Å². The Hall–Kier alpha value is -4.15. The molecule has 2 heterocycles. The van der Waals surface area contributed by atoms with E-state index >= 15 is 4.39 Å². The second-order valence-corrected chi connectivity index (χ2v) is 9.88. The molecule has 0 saturated carbocycles. The van der Waals surface area contributed by atoms with Crippen LogP contribution in [0.2, 0.25) is 0 Å². The molecular formula is C28H33FN4O6. The number of esters is 2. The van der Waals surface area contributed by atoms with E-state index in [1.807, 2.05) is 23.9 Å². The molecule has 0 bridgehead atoms. The second-order valence-electron chi connectivity index (χ2n) is 9.88. The Bertz CT molecular complexity index is 1230. The lowest BCUT2D eigenvalue weighted by Gasteiger charge is -2.36. The highest BCUT2D eigenvalue weighted by atomic mass is 19.1. The molecule has 2 aromatic carbocycles. The summed E-state index contributed by atoms with van der Waals surface area (Å²) in [5, 5.41) is 2.63. The maximum atomic E-state index is 15.1. The Labute approximate surface area is 226 Å². The number of amides is 2. The third-order valence-electron chi connectivity index (χ3n) is 6.94. The number of nitrogens with zero attached hydrogens (tertiary/aromatic N) is 3. The van der Waals surface area contributed by atoms with Crippen LogP contribution in [-0.4, -0.2) is 88.2 Å². The van der Waals surface area contributed by atoms with Crippen LogP contribution in [0.15, 0.2) is 42.5 Å². The summed E-state index contributed by atoms with van der Waals surface area (Å²) in [6.45, 7) is 2.78. The van der Waals surface area contributed by atoms with Crippen LogP contribution < -0.4 is 15.1 Å². The number of cyclic esters (lactones) is 1. The Kier molecular flexibility index (Phi) is 8.68. The lowest BCUT2D eigenvalue weighted by atomic mass is 9.95.